The van der Waals surface area contributed by atoms with E-state index in [1.54, 1.807) is 0 Å². The minimum absolute atomic E-state index is 0.0625. The van der Waals surface area contributed by atoms with Gasteiger partial charge in [-0.3, -0.25) is 0 Å². The molecule has 0 aliphatic carbocycles. The van der Waals surface area contributed by atoms with Gasteiger partial charge in [0, 0.05) is 13.1 Å². The van der Waals surface area contributed by atoms with E-state index >= 15 is 0 Å². The third-order valence-electron chi connectivity index (χ3n) is 2.86. The maximum atomic E-state index is 12.8. The van der Waals surface area contributed by atoms with E-state index in [0.29, 0.717) is 12.6 Å². The van der Waals surface area contributed by atoms with Crippen LogP contribution in [0.1, 0.15) is 25.3 Å². The van der Waals surface area contributed by atoms with Crippen LogP contribution in [0.4, 0.5) is 18.9 Å². The summed E-state index contributed by atoms with van der Waals surface area (Å²) in [5.41, 5.74) is -0.856. The van der Waals surface area contributed by atoms with Crippen molar-refractivity contribution in [3.8, 4) is 0 Å². The Morgan fingerprint density at radius 1 is 1.32 bits per heavy atom. The number of benzene rings is 1. The Bertz CT molecular complexity index is 613. The second-order valence-electron chi connectivity index (χ2n) is 4.63. The molecule has 0 spiro atoms. The van der Waals surface area contributed by atoms with E-state index in [2.05, 4.69) is 16.6 Å². The highest BCUT2D eigenvalue weighted by atomic mass is 32.2. The average Bonchev–Trinajstić information content (AvgIpc) is 2.44. The van der Waals surface area contributed by atoms with Crippen molar-refractivity contribution in [1.29, 1.82) is 0 Å². The number of hydrogen-bond donors (Lipinski definition) is 2. The standard InChI is InChI=1S/C14H19F3N2O2S/c1-3-5-9-18-12-7-6-11(14(15,16)17)10-13(12)22(20,21)19-8-4-2/h4,6-7,10,18-19H,2-3,5,8-9H2,1H3. The quantitative estimate of drug-likeness (QED) is 0.565. The smallest absolute Gasteiger partial charge is 0.384 e. The molecule has 0 aromatic heterocycles. The van der Waals surface area contributed by atoms with Gasteiger partial charge in [-0.25, -0.2) is 13.1 Å². The van der Waals surface area contributed by atoms with Gasteiger partial charge in [-0.1, -0.05) is 19.4 Å². The molecule has 0 amide bonds. The van der Waals surface area contributed by atoms with Gasteiger partial charge >= 0.3 is 6.18 Å². The Labute approximate surface area is 128 Å². The molecule has 0 aliphatic heterocycles. The first kappa shape index (κ1) is 18.5. The van der Waals surface area contributed by atoms with Crippen molar-refractivity contribution < 1.29 is 21.6 Å². The zero-order valence-electron chi connectivity index (χ0n) is 12.2. The van der Waals surface area contributed by atoms with Gasteiger partial charge in [-0.05, 0) is 24.6 Å². The van der Waals surface area contributed by atoms with E-state index in [1.165, 1.54) is 6.08 Å². The van der Waals surface area contributed by atoms with Gasteiger partial charge in [0.15, 0.2) is 0 Å². The van der Waals surface area contributed by atoms with Crippen LogP contribution in [0.15, 0.2) is 35.7 Å². The first-order valence-electron chi connectivity index (χ1n) is 6.78. The van der Waals surface area contributed by atoms with Crippen LogP contribution >= 0.6 is 0 Å². The van der Waals surface area contributed by atoms with Gasteiger partial charge in [0.25, 0.3) is 0 Å². The molecule has 0 bridgehead atoms. The summed E-state index contributed by atoms with van der Waals surface area (Å²) in [4.78, 5) is -0.416. The summed E-state index contributed by atoms with van der Waals surface area (Å²) in [6, 6.07) is 2.64. The van der Waals surface area contributed by atoms with Crippen molar-refractivity contribution in [1.82, 2.24) is 4.72 Å². The second kappa shape index (κ2) is 7.64. The summed E-state index contributed by atoms with van der Waals surface area (Å²) >= 11 is 0. The molecule has 1 rings (SSSR count). The van der Waals surface area contributed by atoms with E-state index in [9.17, 15) is 21.6 Å². The minimum Gasteiger partial charge on any atom is -0.384 e. The molecule has 1 aromatic carbocycles. The first-order valence-corrected chi connectivity index (χ1v) is 8.26. The first-order chi connectivity index (χ1) is 10.2. The molecule has 124 valence electrons. The Balaban J connectivity index is 3.24. The molecule has 0 saturated heterocycles. The normalized spacial score (nSPS) is 12.2. The molecule has 0 heterocycles. The second-order valence-corrected chi connectivity index (χ2v) is 6.36. The van der Waals surface area contributed by atoms with Gasteiger partial charge < -0.3 is 5.32 Å². The van der Waals surface area contributed by atoms with Crippen molar-refractivity contribution in [3.63, 3.8) is 0 Å². The van der Waals surface area contributed by atoms with E-state index in [0.717, 1.165) is 25.0 Å². The number of unbranched alkanes of at least 4 members (excludes halogenated alkanes) is 1. The number of nitrogens with one attached hydrogen (secondary N) is 2. The highest BCUT2D eigenvalue weighted by Crippen LogP contribution is 2.33. The lowest BCUT2D eigenvalue weighted by molar-refractivity contribution is -0.137. The molecule has 0 saturated carbocycles. The molecule has 1 aromatic rings. The molecular formula is C14H19F3N2O2S. The van der Waals surface area contributed by atoms with Gasteiger partial charge in [0.05, 0.1) is 11.3 Å². The maximum Gasteiger partial charge on any atom is 0.416 e. The average molecular weight is 336 g/mol. The topological polar surface area (TPSA) is 58.2 Å². The predicted octanol–water partition coefficient (Wildman–Crippen LogP) is 3.38. The van der Waals surface area contributed by atoms with E-state index in [-0.39, 0.29) is 12.2 Å². The summed E-state index contributed by atoms with van der Waals surface area (Å²) in [7, 11) is -4.06. The number of anilines is 1. The monoisotopic (exact) mass is 336 g/mol. The molecule has 0 aliphatic rings. The van der Waals surface area contributed by atoms with Crippen molar-refractivity contribution in [2.24, 2.45) is 0 Å². The Hall–Kier alpha value is -1.54. The molecule has 2 N–H and O–H groups in total. The number of sulfonamides is 1. The maximum absolute atomic E-state index is 12.8. The van der Waals surface area contributed by atoms with Crippen molar-refractivity contribution in [2.45, 2.75) is 30.8 Å². The molecule has 8 heteroatoms. The Morgan fingerprint density at radius 3 is 2.55 bits per heavy atom. The van der Waals surface area contributed by atoms with Gasteiger partial charge in [0.1, 0.15) is 4.90 Å². The SMILES string of the molecule is C=CCNS(=O)(=O)c1cc(C(F)(F)F)ccc1NCCCC. The molecule has 4 nitrogen and oxygen atoms in total. The minimum atomic E-state index is -4.61. The summed E-state index contributed by atoms with van der Waals surface area (Å²) in [6.45, 7) is 5.75. The van der Waals surface area contributed by atoms with Crippen LogP contribution in [-0.2, 0) is 16.2 Å². The molecule has 0 unspecified atom stereocenters. The van der Waals surface area contributed by atoms with Crippen molar-refractivity contribution in [3.05, 3.63) is 36.4 Å². The molecule has 0 fully saturated rings. The zero-order valence-corrected chi connectivity index (χ0v) is 13.0. The lowest BCUT2D eigenvalue weighted by Crippen LogP contribution is -2.25. The van der Waals surface area contributed by atoms with Gasteiger partial charge in [-0.2, -0.15) is 13.2 Å². The highest BCUT2D eigenvalue weighted by molar-refractivity contribution is 7.89. The van der Waals surface area contributed by atoms with Crippen LogP contribution in [0.3, 0.4) is 0 Å². The predicted molar refractivity (Wildman–Crippen MR) is 80.2 cm³/mol. The summed E-state index contributed by atoms with van der Waals surface area (Å²) in [6.07, 6.45) is -1.63. The number of halogens is 3. The van der Waals surface area contributed by atoms with Crippen LogP contribution in [0.25, 0.3) is 0 Å². The van der Waals surface area contributed by atoms with E-state index in [4.69, 9.17) is 0 Å². The largest absolute Gasteiger partial charge is 0.416 e. The lowest BCUT2D eigenvalue weighted by atomic mass is 10.2. The number of hydrogen-bond acceptors (Lipinski definition) is 3. The number of rotatable bonds is 8. The van der Waals surface area contributed by atoms with Crippen LogP contribution in [0.2, 0.25) is 0 Å². The molecule has 0 radical (unpaired) electrons. The summed E-state index contributed by atoms with van der Waals surface area (Å²) in [5.74, 6) is 0. The van der Waals surface area contributed by atoms with Gasteiger partial charge in [-0.15, -0.1) is 6.58 Å². The van der Waals surface area contributed by atoms with Crippen molar-refractivity contribution in [2.75, 3.05) is 18.4 Å². The molecule has 0 atom stereocenters. The fraction of sp³-hybridized carbons (Fsp3) is 0.429. The fourth-order valence-corrected chi connectivity index (χ4v) is 2.92. The van der Waals surface area contributed by atoms with Crippen LogP contribution in [-0.4, -0.2) is 21.5 Å². The van der Waals surface area contributed by atoms with Crippen molar-refractivity contribution >= 4 is 15.7 Å². The van der Waals surface area contributed by atoms with E-state index in [1.807, 2.05) is 6.92 Å². The van der Waals surface area contributed by atoms with Gasteiger partial charge in [0.2, 0.25) is 10.0 Å². The Morgan fingerprint density at radius 2 is 2.00 bits per heavy atom. The summed E-state index contributed by atoms with van der Waals surface area (Å²) in [5, 5.41) is 2.86. The molecular weight excluding hydrogens is 317 g/mol. The third-order valence-corrected chi connectivity index (χ3v) is 4.33. The van der Waals surface area contributed by atoms with E-state index < -0.39 is 26.7 Å². The summed E-state index contributed by atoms with van der Waals surface area (Å²) < 4.78 is 64.9. The number of alkyl halides is 3. The zero-order chi connectivity index (χ0) is 16.8. The fourth-order valence-electron chi connectivity index (χ4n) is 1.71. The Kier molecular flexibility index (Phi) is 6.43. The third kappa shape index (κ3) is 5.03. The lowest BCUT2D eigenvalue weighted by Gasteiger charge is -2.15. The van der Waals surface area contributed by atoms with Crippen LogP contribution in [0, 0.1) is 0 Å². The molecule has 22 heavy (non-hydrogen) atoms. The van der Waals surface area contributed by atoms with Crippen LogP contribution in [0.5, 0.6) is 0 Å². The highest BCUT2D eigenvalue weighted by Gasteiger charge is 2.32. The van der Waals surface area contributed by atoms with Crippen LogP contribution < -0.4 is 10.0 Å².